The van der Waals surface area contributed by atoms with Crippen LogP contribution in [0.15, 0.2) is 0 Å². The van der Waals surface area contributed by atoms with Crippen molar-refractivity contribution >= 4 is 10.0 Å². The average Bonchev–Trinajstić information content (AvgIpc) is 2.03. The van der Waals surface area contributed by atoms with Gasteiger partial charge in [-0.3, -0.25) is 0 Å². The van der Waals surface area contributed by atoms with Crippen LogP contribution in [-0.2, 0) is 10.0 Å². The van der Waals surface area contributed by atoms with Gasteiger partial charge >= 0.3 is 0 Å². The fraction of sp³-hybridized carbons (Fsp3) is 1.00. The van der Waals surface area contributed by atoms with Crippen LogP contribution in [0.5, 0.6) is 0 Å². The predicted octanol–water partition coefficient (Wildman–Crippen LogP) is 0.359. The molecule has 0 aromatic rings. The van der Waals surface area contributed by atoms with Crippen molar-refractivity contribution in [2.24, 2.45) is 5.14 Å². The van der Waals surface area contributed by atoms with Gasteiger partial charge in [-0.25, -0.2) is 13.6 Å². The summed E-state index contributed by atoms with van der Waals surface area (Å²) in [6.45, 7) is 1.49. The molecule has 0 aromatic heterocycles. The Hall–Kier alpha value is -0.130. The highest BCUT2D eigenvalue weighted by molar-refractivity contribution is 7.89. The zero-order chi connectivity index (χ0) is 10.1. The van der Waals surface area contributed by atoms with Gasteiger partial charge in [-0.1, -0.05) is 19.3 Å². The molecule has 13 heavy (non-hydrogen) atoms. The van der Waals surface area contributed by atoms with Crippen LogP contribution in [0.2, 0.25) is 0 Å². The lowest BCUT2D eigenvalue weighted by Crippen LogP contribution is -2.48. The molecular formula is C8H17NO3S. The molecular weight excluding hydrogens is 190 g/mol. The molecule has 1 saturated carbocycles. The van der Waals surface area contributed by atoms with E-state index in [1.165, 1.54) is 6.92 Å². The van der Waals surface area contributed by atoms with Crippen molar-refractivity contribution in [2.75, 3.05) is 0 Å². The SMILES string of the molecule is CC(C1(O)CCCCC1)S(N)(=O)=O. The lowest BCUT2D eigenvalue weighted by molar-refractivity contribution is 0.00391. The number of primary sulfonamides is 1. The van der Waals surface area contributed by atoms with Crippen molar-refractivity contribution in [3.8, 4) is 0 Å². The molecule has 0 aliphatic heterocycles. The molecule has 78 valence electrons. The third kappa shape index (κ3) is 2.42. The first-order chi connectivity index (χ1) is 5.86. The lowest BCUT2D eigenvalue weighted by atomic mass is 9.83. The Labute approximate surface area is 79.2 Å². The lowest BCUT2D eigenvalue weighted by Gasteiger charge is -2.35. The largest absolute Gasteiger partial charge is 0.388 e. The topological polar surface area (TPSA) is 80.4 Å². The molecule has 5 heteroatoms. The van der Waals surface area contributed by atoms with Gasteiger partial charge in [0, 0.05) is 0 Å². The Kier molecular flexibility index (Phi) is 2.99. The summed E-state index contributed by atoms with van der Waals surface area (Å²) in [7, 11) is -3.61. The van der Waals surface area contributed by atoms with Crippen molar-refractivity contribution in [1.29, 1.82) is 0 Å². The fourth-order valence-corrected chi connectivity index (χ4v) is 2.72. The second-order valence-corrected chi connectivity index (χ2v) is 5.78. The summed E-state index contributed by atoms with van der Waals surface area (Å²) in [6.07, 6.45) is 3.93. The van der Waals surface area contributed by atoms with Gasteiger partial charge in [0.2, 0.25) is 10.0 Å². The number of sulfonamides is 1. The van der Waals surface area contributed by atoms with Crippen molar-refractivity contribution in [2.45, 2.75) is 49.9 Å². The van der Waals surface area contributed by atoms with E-state index in [1.807, 2.05) is 0 Å². The Balaban J connectivity index is 2.79. The average molecular weight is 207 g/mol. The quantitative estimate of drug-likeness (QED) is 0.686. The highest BCUT2D eigenvalue weighted by Gasteiger charge is 2.40. The highest BCUT2D eigenvalue weighted by Crippen LogP contribution is 2.32. The summed E-state index contributed by atoms with van der Waals surface area (Å²) in [5.41, 5.74) is -1.09. The van der Waals surface area contributed by atoms with E-state index in [1.54, 1.807) is 0 Å². The van der Waals surface area contributed by atoms with Gasteiger partial charge < -0.3 is 5.11 Å². The standard InChI is InChI=1S/C8H17NO3S/c1-7(13(9,11)12)8(10)5-3-2-4-6-8/h7,10H,2-6H2,1H3,(H2,9,11,12). The van der Waals surface area contributed by atoms with E-state index in [4.69, 9.17) is 5.14 Å². The highest BCUT2D eigenvalue weighted by atomic mass is 32.2. The third-order valence-corrected chi connectivity index (χ3v) is 4.39. The van der Waals surface area contributed by atoms with E-state index in [-0.39, 0.29) is 0 Å². The van der Waals surface area contributed by atoms with E-state index in [0.717, 1.165) is 19.3 Å². The molecule has 1 rings (SSSR count). The van der Waals surface area contributed by atoms with Gasteiger partial charge in [0.25, 0.3) is 0 Å². The zero-order valence-electron chi connectivity index (χ0n) is 7.86. The summed E-state index contributed by atoms with van der Waals surface area (Å²) in [6, 6.07) is 0. The molecule has 4 nitrogen and oxygen atoms in total. The number of hydrogen-bond acceptors (Lipinski definition) is 3. The molecule has 0 heterocycles. The second-order valence-electron chi connectivity index (χ2n) is 3.90. The van der Waals surface area contributed by atoms with Crippen molar-refractivity contribution in [3.05, 3.63) is 0 Å². The minimum absolute atomic E-state index is 0.546. The van der Waals surface area contributed by atoms with Gasteiger partial charge in [-0.15, -0.1) is 0 Å². The van der Waals surface area contributed by atoms with Gasteiger partial charge in [-0.05, 0) is 19.8 Å². The molecule has 0 saturated heterocycles. The molecule has 0 aromatic carbocycles. The maximum absolute atomic E-state index is 11.1. The van der Waals surface area contributed by atoms with Gasteiger partial charge in [0.15, 0.2) is 0 Å². The first-order valence-electron chi connectivity index (χ1n) is 4.60. The van der Waals surface area contributed by atoms with Gasteiger partial charge in [-0.2, -0.15) is 0 Å². The third-order valence-electron chi connectivity index (χ3n) is 2.97. The first-order valence-corrected chi connectivity index (χ1v) is 6.21. The molecule has 0 amide bonds. The fourth-order valence-electron chi connectivity index (χ4n) is 1.88. The maximum Gasteiger partial charge on any atom is 0.214 e. The number of rotatable bonds is 2. The number of hydrogen-bond donors (Lipinski definition) is 2. The van der Waals surface area contributed by atoms with Gasteiger partial charge in [0.1, 0.15) is 5.25 Å². The maximum atomic E-state index is 11.1. The Morgan fingerprint density at radius 2 is 1.77 bits per heavy atom. The zero-order valence-corrected chi connectivity index (χ0v) is 8.68. The Morgan fingerprint density at radius 3 is 2.15 bits per heavy atom. The van der Waals surface area contributed by atoms with Crippen LogP contribution < -0.4 is 5.14 Å². The van der Waals surface area contributed by atoms with E-state index in [0.29, 0.717) is 12.8 Å². The molecule has 0 radical (unpaired) electrons. The monoisotopic (exact) mass is 207 g/mol. The summed E-state index contributed by atoms with van der Waals surface area (Å²) >= 11 is 0. The van der Waals surface area contributed by atoms with Crippen molar-refractivity contribution in [3.63, 3.8) is 0 Å². The van der Waals surface area contributed by atoms with Crippen LogP contribution >= 0.6 is 0 Å². The van der Waals surface area contributed by atoms with Crippen LogP contribution in [0.25, 0.3) is 0 Å². The van der Waals surface area contributed by atoms with E-state index in [9.17, 15) is 13.5 Å². The molecule has 0 bridgehead atoms. The van der Waals surface area contributed by atoms with Crippen molar-refractivity contribution < 1.29 is 13.5 Å². The number of aliphatic hydroxyl groups is 1. The van der Waals surface area contributed by atoms with Crippen LogP contribution in [-0.4, -0.2) is 24.4 Å². The number of nitrogens with two attached hydrogens (primary N) is 1. The molecule has 3 N–H and O–H groups in total. The molecule has 1 atom stereocenters. The van der Waals surface area contributed by atoms with E-state index < -0.39 is 20.9 Å². The molecule has 0 spiro atoms. The Morgan fingerprint density at radius 1 is 1.31 bits per heavy atom. The van der Waals surface area contributed by atoms with E-state index >= 15 is 0 Å². The minimum atomic E-state index is -3.61. The van der Waals surface area contributed by atoms with Crippen molar-refractivity contribution in [1.82, 2.24) is 0 Å². The Bertz CT molecular complexity index is 267. The summed E-state index contributed by atoms with van der Waals surface area (Å²) in [5, 5.41) is 14.2. The molecule has 1 aliphatic rings. The van der Waals surface area contributed by atoms with Gasteiger partial charge in [0.05, 0.1) is 5.60 Å². The summed E-state index contributed by atoms with van der Waals surface area (Å²) in [4.78, 5) is 0. The first kappa shape index (κ1) is 10.9. The van der Waals surface area contributed by atoms with Crippen LogP contribution in [0.3, 0.4) is 0 Å². The summed E-state index contributed by atoms with van der Waals surface area (Å²) in [5.74, 6) is 0. The predicted molar refractivity (Wildman–Crippen MR) is 50.6 cm³/mol. The molecule has 1 fully saturated rings. The van der Waals surface area contributed by atoms with Crippen LogP contribution in [0.1, 0.15) is 39.0 Å². The minimum Gasteiger partial charge on any atom is -0.388 e. The smallest absolute Gasteiger partial charge is 0.214 e. The van der Waals surface area contributed by atoms with Crippen LogP contribution in [0, 0.1) is 0 Å². The molecule has 1 aliphatic carbocycles. The van der Waals surface area contributed by atoms with E-state index in [2.05, 4.69) is 0 Å². The second kappa shape index (κ2) is 3.55. The van der Waals surface area contributed by atoms with Crippen LogP contribution in [0.4, 0.5) is 0 Å². The molecule has 1 unspecified atom stereocenters. The summed E-state index contributed by atoms with van der Waals surface area (Å²) < 4.78 is 22.1. The normalized spacial score (nSPS) is 25.5.